The number of nitrogens with zero attached hydrogens (tertiary/aromatic N) is 1. The van der Waals surface area contributed by atoms with Gasteiger partial charge in [0.1, 0.15) is 11.2 Å². The van der Waals surface area contributed by atoms with Gasteiger partial charge < -0.3 is 14.1 Å². The van der Waals surface area contributed by atoms with Crippen molar-refractivity contribution in [2.24, 2.45) is 0 Å². The lowest BCUT2D eigenvalue weighted by atomic mass is 9.67. The molecule has 0 N–H and O–H groups in total. The molecule has 13 rings (SSSR count). The Morgan fingerprint density at radius 2 is 1.01 bits per heavy atom. The van der Waals surface area contributed by atoms with Gasteiger partial charge >= 0.3 is 0 Å². The Labute approximate surface area is 390 Å². The SMILES string of the molecule is c1ccc(-c2ccc(N(c3cccc(-c4ccc5c(c4)oc4ccccc45)c3)c3cc4c(cc3-c3cccc5c3CCOC5)-c3ccccc3C4(c3ccccc3)c3ccccc3)cc2)cc1. The van der Waals surface area contributed by atoms with Crippen molar-refractivity contribution in [3.05, 3.63) is 270 Å². The minimum absolute atomic E-state index is 0.585. The second-order valence-electron chi connectivity index (χ2n) is 17.8. The summed E-state index contributed by atoms with van der Waals surface area (Å²) in [4.78, 5) is 2.50. The summed E-state index contributed by atoms with van der Waals surface area (Å²) in [5.74, 6) is 0. The normalized spacial score (nSPS) is 13.6. The Balaban J connectivity index is 1.10. The molecular formula is C64H45NO2. The van der Waals surface area contributed by atoms with Gasteiger partial charge in [0.2, 0.25) is 0 Å². The first-order valence-electron chi connectivity index (χ1n) is 23.3. The highest BCUT2D eigenvalue weighted by atomic mass is 16.5. The fraction of sp³-hybridized carbons (Fsp3) is 0.0625. The molecule has 0 bridgehead atoms. The molecular weight excluding hydrogens is 815 g/mol. The molecule has 0 unspecified atom stereocenters. The van der Waals surface area contributed by atoms with E-state index in [1.165, 1.54) is 66.8 Å². The monoisotopic (exact) mass is 859 g/mol. The number of para-hydroxylation sites is 1. The van der Waals surface area contributed by atoms with Crippen LogP contribution in [0.25, 0.3) is 66.4 Å². The lowest BCUT2D eigenvalue weighted by Crippen LogP contribution is -2.28. The first-order chi connectivity index (χ1) is 33.2. The molecule has 2 heterocycles. The van der Waals surface area contributed by atoms with E-state index in [9.17, 15) is 0 Å². The van der Waals surface area contributed by atoms with Crippen LogP contribution in [-0.2, 0) is 23.2 Å². The number of hydrogen-bond donors (Lipinski definition) is 0. The van der Waals surface area contributed by atoms with E-state index < -0.39 is 5.41 Å². The van der Waals surface area contributed by atoms with Crippen molar-refractivity contribution in [3.8, 4) is 44.5 Å². The number of furan rings is 1. The van der Waals surface area contributed by atoms with E-state index in [1.807, 2.05) is 12.1 Å². The van der Waals surface area contributed by atoms with Gasteiger partial charge in [-0.05, 0) is 133 Å². The maximum atomic E-state index is 6.43. The standard InChI is InChI=1S/C64H45NO2/c1-4-16-43(17-5-1)44-30-33-50(34-31-44)65(51-24-14-18-45(38-51)46-32-35-56-55-26-11-13-29-62(55)67-63(56)39-46)61-41-60-57(40-58(61)53-27-15-19-47-42-66-37-36-52(47)53)54-25-10-12-28-59(54)64(60,48-20-6-2-7-21-48)49-22-8-3-9-23-49/h1-35,38-41H,36-37,42H2. The van der Waals surface area contributed by atoms with Gasteiger partial charge in [-0.25, -0.2) is 0 Å². The fourth-order valence-electron chi connectivity index (χ4n) is 11.1. The van der Waals surface area contributed by atoms with Gasteiger partial charge in [0.15, 0.2) is 0 Å². The van der Waals surface area contributed by atoms with E-state index in [-0.39, 0.29) is 0 Å². The molecule has 0 saturated carbocycles. The number of hydrogen-bond acceptors (Lipinski definition) is 3. The van der Waals surface area contributed by atoms with Crippen LogP contribution in [0, 0.1) is 0 Å². The molecule has 1 aliphatic heterocycles. The molecule has 0 atom stereocenters. The smallest absolute Gasteiger partial charge is 0.136 e. The van der Waals surface area contributed by atoms with Crippen molar-refractivity contribution in [2.75, 3.05) is 11.5 Å². The second kappa shape index (κ2) is 16.0. The highest BCUT2D eigenvalue weighted by Gasteiger charge is 2.47. The van der Waals surface area contributed by atoms with Crippen molar-refractivity contribution in [1.82, 2.24) is 0 Å². The molecule has 2 aliphatic rings. The van der Waals surface area contributed by atoms with Crippen molar-refractivity contribution in [1.29, 1.82) is 0 Å². The van der Waals surface area contributed by atoms with Gasteiger partial charge in [-0.2, -0.15) is 0 Å². The Morgan fingerprint density at radius 3 is 1.82 bits per heavy atom. The summed E-state index contributed by atoms with van der Waals surface area (Å²) in [6, 6.07) is 86.8. The number of benzene rings is 10. The molecule has 3 heteroatoms. The van der Waals surface area contributed by atoms with Crippen LogP contribution >= 0.6 is 0 Å². The molecule has 0 fully saturated rings. The zero-order chi connectivity index (χ0) is 44.3. The molecule has 0 amide bonds. The zero-order valence-corrected chi connectivity index (χ0v) is 36.9. The number of rotatable bonds is 8. The van der Waals surface area contributed by atoms with Crippen LogP contribution in [0.5, 0.6) is 0 Å². The van der Waals surface area contributed by atoms with E-state index in [1.54, 1.807) is 0 Å². The zero-order valence-electron chi connectivity index (χ0n) is 36.9. The molecule has 1 aromatic heterocycles. The van der Waals surface area contributed by atoms with E-state index in [4.69, 9.17) is 9.15 Å². The lowest BCUT2D eigenvalue weighted by molar-refractivity contribution is 0.111. The lowest BCUT2D eigenvalue weighted by Gasteiger charge is -2.36. The van der Waals surface area contributed by atoms with E-state index in [0.717, 1.165) is 56.5 Å². The quantitative estimate of drug-likeness (QED) is 0.152. The third-order valence-electron chi connectivity index (χ3n) is 14.2. The summed E-state index contributed by atoms with van der Waals surface area (Å²) in [6.07, 6.45) is 0.849. The van der Waals surface area contributed by atoms with Gasteiger partial charge in [-0.1, -0.05) is 182 Å². The van der Waals surface area contributed by atoms with Crippen molar-refractivity contribution >= 4 is 39.0 Å². The van der Waals surface area contributed by atoms with Crippen LogP contribution in [-0.4, -0.2) is 6.61 Å². The van der Waals surface area contributed by atoms with Gasteiger partial charge in [-0.15, -0.1) is 0 Å². The largest absolute Gasteiger partial charge is 0.456 e. The summed E-state index contributed by atoms with van der Waals surface area (Å²) in [6.45, 7) is 1.31. The Kier molecular flexibility index (Phi) is 9.36. The second-order valence-corrected chi connectivity index (χ2v) is 17.8. The van der Waals surface area contributed by atoms with Crippen LogP contribution in [0.3, 0.4) is 0 Å². The highest BCUT2D eigenvalue weighted by Crippen LogP contribution is 2.59. The van der Waals surface area contributed by atoms with Gasteiger partial charge in [0.25, 0.3) is 0 Å². The van der Waals surface area contributed by atoms with Crippen molar-refractivity contribution < 1.29 is 9.15 Å². The predicted octanol–water partition coefficient (Wildman–Crippen LogP) is 16.5. The first kappa shape index (κ1) is 39.2. The average molecular weight is 860 g/mol. The van der Waals surface area contributed by atoms with E-state index >= 15 is 0 Å². The fourth-order valence-corrected chi connectivity index (χ4v) is 11.1. The Morgan fingerprint density at radius 1 is 0.388 bits per heavy atom. The van der Waals surface area contributed by atoms with Crippen LogP contribution < -0.4 is 4.90 Å². The van der Waals surface area contributed by atoms with Crippen LogP contribution in [0.1, 0.15) is 33.4 Å². The topological polar surface area (TPSA) is 25.6 Å². The van der Waals surface area contributed by atoms with Gasteiger partial charge in [0.05, 0.1) is 24.3 Å². The maximum Gasteiger partial charge on any atom is 0.136 e. The molecule has 3 nitrogen and oxygen atoms in total. The summed E-state index contributed by atoms with van der Waals surface area (Å²) >= 11 is 0. The van der Waals surface area contributed by atoms with E-state index in [0.29, 0.717) is 13.2 Å². The first-order valence-corrected chi connectivity index (χ1v) is 23.3. The molecule has 0 radical (unpaired) electrons. The minimum atomic E-state index is -0.585. The van der Waals surface area contributed by atoms with Gasteiger partial charge in [0, 0.05) is 27.7 Å². The third kappa shape index (κ3) is 6.38. The van der Waals surface area contributed by atoms with E-state index in [2.05, 4.69) is 229 Å². The summed E-state index contributed by atoms with van der Waals surface area (Å²) in [5.41, 5.74) is 21.6. The van der Waals surface area contributed by atoms with Crippen molar-refractivity contribution in [3.63, 3.8) is 0 Å². The molecule has 0 saturated heterocycles. The van der Waals surface area contributed by atoms with Crippen molar-refractivity contribution in [2.45, 2.75) is 18.4 Å². The van der Waals surface area contributed by atoms with Crippen LogP contribution in [0.2, 0.25) is 0 Å². The molecule has 67 heavy (non-hydrogen) atoms. The Bertz CT molecular complexity index is 3590. The molecule has 10 aromatic carbocycles. The van der Waals surface area contributed by atoms with Gasteiger partial charge in [-0.3, -0.25) is 0 Å². The Hall–Kier alpha value is -8.24. The molecule has 0 spiro atoms. The molecule has 1 aliphatic carbocycles. The van der Waals surface area contributed by atoms with Crippen LogP contribution in [0.15, 0.2) is 241 Å². The summed E-state index contributed by atoms with van der Waals surface area (Å²) in [7, 11) is 0. The third-order valence-corrected chi connectivity index (χ3v) is 14.2. The minimum Gasteiger partial charge on any atom is -0.456 e. The molecule has 11 aromatic rings. The summed E-state index contributed by atoms with van der Waals surface area (Å²) < 4.78 is 12.5. The average Bonchev–Trinajstić information content (AvgIpc) is 3.92. The number of anilines is 3. The van der Waals surface area contributed by atoms with Crippen LogP contribution in [0.4, 0.5) is 17.1 Å². The predicted molar refractivity (Wildman–Crippen MR) is 275 cm³/mol. The summed E-state index contributed by atoms with van der Waals surface area (Å²) in [5, 5.41) is 2.25. The highest BCUT2D eigenvalue weighted by molar-refractivity contribution is 6.06. The number of ether oxygens (including phenoxy) is 1. The molecule has 318 valence electrons. The number of fused-ring (bicyclic) bond motifs is 7. The maximum absolute atomic E-state index is 6.43.